The molecule has 9 heteroatoms. The largest absolute Gasteiger partial charge is 0.416 e. The van der Waals surface area contributed by atoms with Gasteiger partial charge in [-0.3, -0.25) is 4.79 Å². The summed E-state index contributed by atoms with van der Waals surface area (Å²) in [5.41, 5.74) is 0.387. The highest BCUT2D eigenvalue weighted by Gasteiger charge is 2.40. The van der Waals surface area contributed by atoms with Gasteiger partial charge in [0.2, 0.25) is 0 Å². The van der Waals surface area contributed by atoms with Crippen LogP contribution < -0.4 is 0 Å². The number of carbonyl (C=O) groups excluding carboxylic acids is 1. The number of hydrogen-bond acceptors (Lipinski definition) is 4. The van der Waals surface area contributed by atoms with Crippen LogP contribution in [-0.4, -0.2) is 55.9 Å². The number of likely N-dealkylation sites (N-methyl/N-ethyl adjacent to an activating group) is 1. The fourth-order valence-electron chi connectivity index (χ4n) is 1.76. The number of halogens is 3. The fourth-order valence-corrected chi connectivity index (χ4v) is 1.76. The highest BCUT2D eigenvalue weighted by Crippen LogP contribution is 2.21. The minimum Gasteiger partial charge on any atom is -0.382 e. The molecule has 1 atom stereocenters. The van der Waals surface area contributed by atoms with Crippen molar-refractivity contribution in [3.05, 3.63) is 30.2 Å². The summed E-state index contributed by atoms with van der Waals surface area (Å²) in [6, 6.07) is 2.99. The SMILES string of the molecule is CCN(C[C@H](O)C(F)(F)F)C(=O)c1cc2ncccn2n1. The summed E-state index contributed by atoms with van der Waals surface area (Å²) in [6.07, 6.45) is -4.28. The highest BCUT2D eigenvalue weighted by molar-refractivity contribution is 5.93. The van der Waals surface area contributed by atoms with Gasteiger partial charge in [-0.05, 0) is 13.0 Å². The molecule has 0 saturated carbocycles. The number of aliphatic hydroxyl groups excluding tert-OH is 1. The van der Waals surface area contributed by atoms with Crippen molar-refractivity contribution in [2.24, 2.45) is 0 Å². The van der Waals surface area contributed by atoms with Crippen molar-refractivity contribution in [3.8, 4) is 0 Å². The van der Waals surface area contributed by atoms with Crippen molar-refractivity contribution in [2.75, 3.05) is 13.1 Å². The Kier molecular flexibility index (Phi) is 4.12. The highest BCUT2D eigenvalue weighted by atomic mass is 19.4. The van der Waals surface area contributed by atoms with E-state index < -0.39 is 24.7 Å². The summed E-state index contributed by atoms with van der Waals surface area (Å²) in [5, 5.41) is 13.0. The number of rotatable bonds is 4. The first-order valence-corrected chi connectivity index (χ1v) is 6.17. The lowest BCUT2D eigenvalue weighted by molar-refractivity contribution is -0.206. The van der Waals surface area contributed by atoms with Gasteiger partial charge in [-0.2, -0.15) is 18.3 Å². The molecule has 0 aliphatic rings. The van der Waals surface area contributed by atoms with Gasteiger partial charge in [0.15, 0.2) is 17.4 Å². The van der Waals surface area contributed by atoms with Crippen molar-refractivity contribution in [2.45, 2.75) is 19.2 Å². The number of amides is 1. The van der Waals surface area contributed by atoms with Gasteiger partial charge in [0.25, 0.3) is 5.91 Å². The van der Waals surface area contributed by atoms with Crippen LogP contribution in [0.5, 0.6) is 0 Å². The van der Waals surface area contributed by atoms with E-state index in [1.807, 2.05) is 0 Å². The molecule has 114 valence electrons. The zero-order valence-electron chi connectivity index (χ0n) is 11.1. The van der Waals surface area contributed by atoms with E-state index >= 15 is 0 Å². The number of fused-ring (bicyclic) bond motifs is 1. The predicted octanol–water partition coefficient (Wildman–Crippen LogP) is 1.11. The topological polar surface area (TPSA) is 70.7 Å². The summed E-state index contributed by atoms with van der Waals surface area (Å²) in [5.74, 6) is -0.689. The standard InChI is InChI=1S/C12H13F3N4O2/c1-2-18(7-9(20)12(13,14)15)11(21)8-6-10-16-4-3-5-19(10)17-8/h3-6,9,20H,2,7H2,1H3/t9-/m0/s1. The van der Waals surface area contributed by atoms with Crippen molar-refractivity contribution >= 4 is 11.6 Å². The minimum atomic E-state index is -4.77. The lowest BCUT2D eigenvalue weighted by Crippen LogP contribution is -2.43. The number of hydrogen-bond donors (Lipinski definition) is 1. The van der Waals surface area contributed by atoms with E-state index in [1.165, 1.54) is 23.7 Å². The molecular weight excluding hydrogens is 289 g/mol. The first kappa shape index (κ1) is 15.2. The van der Waals surface area contributed by atoms with Crippen LogP contribution in [0.2, 0.25) is 0 Å². The van der Waals surface area contributed by atoms with Crippen LogP contribution in [0, 0.1) is 0 Å². The molecule has 0 aliphatic carbocycles. The Bertz CT molecular complexity index is 608. The van der Waals surface area contributed by atoms with Gasteiger partial charge in [0.1, 0.15) is 0 Å². The molecule has 2 rings (SSSR count). The second kappa shape index (κ2) is 5.68. The summed E-state index contributed by atoms with van der Waals surface area (Å²) < 4.78 is 38.4. The lowest BCUT2D eigenvalue weighted by atomic mass is 10.3. The number of alkyl halides is 3. The molecule has 0 unspecified atom stereocenters. The Morgan fingerprint density at radius 3 is 2.81 bits per heavy atom. The third kappa shape index (κ3) is 3.30. The van der Waals surface area contributed by atoms with Crippen molar-refractivity contribution in [1.29, 1.82) is 0 Å². The van der Waals surface area contributed by atoms with Gasteiger partial charge in [-0.1, -0.05) is 0 Å². The number of aliphatic hydroxyl groups is 1. The van der Waals surface area contributed by atoms with Crippen LogP contribution in [0.15, 0.2) is 24.5 Å². The smallest absolute Gasteiger partial charge is 0.382 e. The molecule has 2 aromatic rings. The van der Waals surface area contributed by atoms with Gasteiger partial charge in [0, 0.05) is 25.0 Å². The average Bonchev–Trinajstić information content (AvgIpc) is 2.86. The van der Waals surface area contributed by atoms with Gasteiger partial charge in [0.05, 0.1) is 6.54 Å². The molecule has 21 heavy (non-hydrogen) atoms. The molecule has 2 aromatic heterocycles. The zero-order valence-corrected chi connectivity index (χ0v) is 11.1. The molecule has 0 spiro atoms. The van der Waals surface area contributed by atoms with Crippen LogP contribution >= 0.6 is 0 Å². The molecule has 0 saturated heterocycles. The number of carbonyl (C=O) groups is 1. The Labute approximate surface area is 117 Å². The molecule has 0 radical (unpaired) electrons. The zero-order chi connectivity index (χ0) is 15.6. The van der Waals surface area contributed by atoms with Crippen molar-refractivity contribution < 1.29 is 23.1 Å². The van der Waals surface area contributed by atoms with Gasteiger partial charge >= 0.3 is 6.18 Å². The number of nitrogens with zero attached hydrogens (tertiary/aromatic N) is 4. The summed E-state index contributed by atoms with van der Waals surface area (Å²) >= 11 is 0. The Balaban J connectivity index is 2.19. The fraction of sp³-hybridized carbons (Fsp3) is 0.417. The van der Waals surface area contributed by atoms with E-state index in [2.05, 4.69) is 10.1 Å². The first-order valence-electron chi connectivity index (χ1n) is 6.17. The molecule has 0 aliphatic heterocycles. The Hall–Kier alpha value is -2.16. The van der Waals surface area contributed by atoms with E-state index in [1.54, 1.807) is 12.3 Å². The van der Waals surface area contributed by atoms with Gasteiger partial charge in [-0.25, -0.2) is 9.50 Å². The van der Waals surface area contributed by atoms with Crippen LogP contribution in [0.4, 0.5) is 13.2 Å². The molecule has 0 fully saturated rings. The van der Waals surface area contributed by atoms with E-state index in [9.17, 15) is 18.0 Å². The molecule has 0 aromatic carbocycles. The van der Waals surface area contributed by atoms with Crippen LogP contribution in [0.25, 0.3) is 5.65 Å². The van der Waals surface area contributed by atoms with Crippen molar-refractivity contribution in [3.63, 3.8) is 0 Å². The molecule has 1 N–H and O–H groups in total. The average molecular weight is 302 g/mol. The van der Waals surface area contributed by atoms with Crippen LogP contribution in [0.1, 0.15) is 17.4 Å². The van der Waals surface area contributed by atoms with E-state index in [0.29, 0.717) is 5.65 Å². The second-order valence-electron chi connectivity index (χ2n) is 4.35. The van der Waals surface area contributed by atoms with Gasteiger partial charge in [-0.15, -0.1) is 0 Å². The Morgan fingerprint density at radius 2 is 2.24 bits per heavy atom. The van der Waals surface area contributed by atoms with Gasteiger partial charge < -0.3 is 10.0 Å². The van der Waals surface area contributed by atoms with Crippen LogP contribution in [-0.2, 0) is 0 Å². The minimum absolute atomic E-state index is 0.0211. The normalized spacial score (nSPS) is 13.4. The molecular formula is C12H13F3N4O2. The van der Waals surface area contributed by atoms with E-state index in [4.69, 9.17) is 5.11 Å². The quantitative estimate of drug-likeness (QED) is 0.918. The van der Waals surface area contributed by atoms with E-state index in [-0.39, 0.29) is 12.2 Å². The maximum absolute atomic E-state index is 12.4. The Morgan fingerprint density at radius 1 is 1.52 bits per heavy atom. The van der Waals surface area contributed by atoms with E-state index in [0.717, 1.165) is 4.90 Å². The maximum atomic E-state index is 12.4. The molecule has 0 bridgehead atoms. The van der Waals surface area contributed by atoms with Crippen LogP contribution in [0.3, 0.4) is 0 Å². The monoisotopic (exact) mass is 302 g/mol. The summed E-state index contributed by atoms with van der Waals surface area (Å²) in [7, 11) is 0. The second-order valence-corrected chi connectivity index (χ2v) is 4.35. The van der Waals surface area contributed by atoms with Crippen molar-refractivity contribution in [1.82, 2.24) is 19.5 Å². The summed E-state index contributed by atoms with van der Waals surface area (Å²) in [6.45, 7) is 0.711. The molecule has 6 nitrogen and oxygen atoms in total. The first-order chi connectivity index (χ1) is 9.82. The third-order valence-corrected chi connectivity index (χ3v) is 2.90. The lowest BCUT2D eigenvalue weighted by Gasteiger charge is -2.24. The summed E-state index contributed by atoms with van der Waals surface area (Å²) in [4.78, 5) is 17.0. The number of aromatic nitrogens is 3. The third-order valence-electron chi connectivity index (χ3n) is 2.90. The molecule has 2 heterocycles. The maximum Gasteiger partial charge on any atom is 0.416 e. The predicted molar refractivity (Wildman–Crippen MR) is 66.6 cm³/mol. The molecule has 1 amide bonds.